The van der Waals surface area contributed by atoms with Crippen molar-refractivity contribution in [2.24, 2.45) is 5.84 Å². The van der Waals surface area contributed by atoms with Gasteiger partial charge in [-0.05, 0) is 18.2 Å². The summed E-state index contributed by atoms with van der Waals surface area (Å²) in [6.07, 6.45) is 3.35. The number of benzene rings is 1. The Morgan fingerprint density at radius 3 is 2.95 bits per heavy atom. The quantitative estimate of drug-likeness (QED) is 0.559. The Balaban J connectivity index is 1.87. The largest absolute Gasteiger partial charge is 0.469 e. The number of rotatable bonds is 5. The van der Waals surface area contributed by atoms with Crippen molar-refractivity contribution in [2.45, 2.75) is 25.8 Å². The van der Waals surface area contributed by atoms with Crippen molar-refractivity contribution in [3.8, 4) is 0 Å². The Hall–Kier alpha value is -1.69. The summed E-state index contributed by atoms with van der Waals surface area (Å²) in [5.41, 5.74) is 5.05. The lowest BCUT2D eigenvalue weighted by atomic mass is 10.0. The number of aromatic nitrogens is 1. The van der Waals surface area contributed by atoms with E-state index in [4.69, 9.17) is 10.3 Å². The standard InChI is InChI=1S/C15H17N3OS/c1-2-13-10(7-8-19-13)12(18-16)9-15-17-11-5-3-4-6-14(11)20-15/h3-8,12,18H,2,9,16H2,1H3. The smallest absolute Gasteiger partial charge is 0.108 e. The molecule has 3 N–H and O–H groups in total. The van der Waals surface area contributed by atoms with Crippen LogP contribution in [-0.4, -0.2) is 4.98 Å². The van der Waals surface area contributed by atoms with Crippen LogP contribution in [0.4, 0.5) is 0 Å². The van der Waals surface area contributed by atoms with Gasteiger partial charge in [0.25, 0.3) is 0 Å². The van der Waals surface area contributed by atoms with Crippen LogP contribution in [0.15, 0.2) is 41.0 Å². The first-order chi connectivity index (χ1) is 9.81. The zero-order chi connectivity index (χ0) is 13.9. The lowest BCUT2D eigenvalue weighted by molar-refractivity contribution is 0.487. The third kappa shape index (κ3) is 2.47. The summed E-state index contributed by atoms with van der Waals surface area (Å²) in [6.45, 7) is 2.08. The van der Waals surface area contributed by atoms with E-state index in [1.165, 1.54) is 4.70 Å². The first kappa shape index (κ1) is 13.3. The molecule has 0 fully saturated rings. The first-order valence-corrected chi connectivity index (χ1v) is 7.50. The zero-order valence-corrected chi connectivity index (χ0v) is 12.1. The summed E-state index contributed by atoms with van der Waals surface area (Å²) in [4.78, 5) is 4.66. The monoisotopic (exact) mass is 287 g/mol. The molecule has 0 amide bonds. The molecule has 0 radical (unpaired) electrons. The molecule has 0 spiro atoms. The molecule has 0 saturated heterocycles. The molecule has 104 valence electrons. The molecule has 2 aromatic heterocycles. The highest BCUT2D eigenvalue weighted by Gasteiger charge is 2.18. The van der Waals surface area contributed by atoms with Crippen LogP contribution in [0.2, 0.25) is 0 Å². The zero-order valence-electron chi connectivity index (χ0n) is 11.3. The van der Waals surface area contributed by atoms with E-state index in [9.17, 15) is 0 Å². The van der Waals surface area contributed by atoms with Gasteiger partial charge in [0.2, 0.25) is 0 Å². The number of furan rings is 1. The van der Waals surface area contributed by atoms with E-state index in [0.29, 0.717) is 0 Å². The van der Waals surface area contributed by atoms with Crippen LogP contribution in [0.1, 0.15) is 29.3 Å². The lowest BCUT2D eigenvalue weighted by Crippen LogP contribution is -2.29. The number of nitrogens with two attached hydrogens (primary N) is 1. The van der Waals surface area contributed by atoms with Crippen molar-refractivity contribution in [3.05, 3.63) is 52.9 Å². The highest BCUT2D eigenvalue weighted by molar-refractivity contribution is 7.18. The minimum absolute atomic E-state index is 0.0317. The fourth-order valence-corrected chi connectivity index (χ4v) is 3.40. The van der Waals surface area contributed by atoms with Crippen molar-refractivity contribution in [1.29, 1.82) is 0 Å². The summed E-state index contributed by atoms with van der Waals surface area (Å²) in [6, 6.07) is 10.2. The minimum Gasteiger partial charge on any atom is -0.469 e. The Morgan fingerprint density at radius 1 is 1.35 bits per heavy atom. The lowest BCUT2D eigenvalue weighted by Gasteiger charge is -2.14. The summed E-state index contributed by atoms with van der Waals surface area (Å²) < 4.78 is 6.69. The van der Waals surface area contributed by atoms with E-state index in [1.54, 1.807) is 17.6 Å². The van der Waals surface area contributed by atoms with Crippen LogP contribution in [0.3, 0.4) is 0 Å². The van der Waals surface area contributed by atoms with Crippen LogP contribution >= 0.6 is 11.3 Å². The Kier molecular flexibility index (Phi) is 3.82. The number of thiazole rings is 1. The van der Waals surface area contributed by atoms with Crippen LogP contribution in [0.5, 0.6) is 0 Å². The van der Waals surface area contributed by atoms with Crippen LogP contribution in [0, 0.1) is 0 Å². The van der Waals surface area contributed by atoms with Gasteiger partial charge < -0.3 is 4.42 Å². The second-order valence-electron chi connectivity index (χ2n) is 4.65. The molecular weight excluding hydrogens is 270 g/mol. The van der Waals surface area contributed by atoms with Gasteiger partial charge in [-0.25, -0.2) is 4.98 Å². The maximum atomic E-state index is 5.71. The molecule has 0 aliphatic heterocycles. The number of nitrogens with zero attached hydrogens (tertiary/aromatic N) is 1. The first-order valence-electron chi connectivity index (χ1n) is 6.68. The second-order valence-corrected chi connectivity index (χ2v) is 5.77. The predicted molar refractivity (Wildman–Crippen MR) is 81.5 cm³/mol. The van der Waals surface area contributed by atoms with E-state index in [-0.39, 0.29) is 6.04 Å². The molecule has 20 heavy (non-hydrogen) atoms. The summed E-state index contributed by atoms with van der Waals surface area (Å²) >= 11 is 1.71. The Labute approximate surface area is 121 Å². The van der Waals surface area contributed by atoms with Gasteiger partial charge in [-0.3, -0.25) is 11.3 Å². The molecule has 1 atom stereocenters. The van der Waals surface area contributed by atoms with Gasteiger partial charge in [-0.15, -0.1) is 11.3 Å². The second kappa shape index (κ2) is 5.75. The normalized spacial score (nSPS) is 12.9. The molecule has 0 bridgehead atoms. The third-order valence-electron chi connectivity index (χ3n) is 3.39. The molecule has 4 nitrogen and oxygen atoms in total. The minimum atomic E-state index is 0.0317. The molecule has 3 rings (SSSR count). The van der Waals surface area contributed by atoms with Crippen molar-refractivity contribution in [3.63, 3.8) is 0 Å². The van der Waals surface area contributed by atoms with Gasteiger partial charge in [-0.1, -0.05) is 19.1 Å². The molecule has 1 aromatic carbocycles. The maximum absolute atomic E-state index is 5.71. The molecular formula is C15H17N3OS. The van der Waals surface area contributed by atoms with Crippen molar-refractivity contribution in [1.82, 2.24) is 10.4 Å². The highest BCUT2D eigenvalue weighted by atomic mass is 32.1. The van der Waals surface area contributed by atoms with Crippen molar-refractivity contribution < 1.29 is 4.42 Å². The fraction of sp³-hybridized carbons (Fsp3) is 0.267. The molecule has 0 aliphatic carbocycles. The summed E-state index contributed by atoms with van der Waals surface area (Å²) in [7, 11) is 0. The maximum Gasteiger partial charge on any atom is 0.108 e. The predicted octanol–water partition coefficient (Wildman–Crippen LogP) is 3.20. The number of para-hydroxylation sites is 1. The molecule has 0 saturated carbocycles. The molecule has 1 unspecified atom stereocenters. The van der Waals surface area contributed by atoms with Gasteiger partial charge in [0.05, 0.1) is 27.5 Å². The molecule has 5 heteroatoms. The fourth-order valence-electron chi connectivity index (χ4n) is 2.39. The number of aryl methyl sites for hydroxylation is 1. The van der Waals surface area contributed by atoms with E-state index in [1.807, 2.05) is 24.3 Å². The Morgan fingerprint density at radius 2 is 2.20 bits per heavy atom. The Bertz CT molecular complexity index is 671. The number of nitrogens with one attached hydrogen (secondary N) is 1. The summed E-state index contributed by atoms with van der Waals surface area (Å²) in [5.74, 6) is 6.70. The van der Waals surface area contributed by atoms with E-state index >= 15 is 0 Å². The van der Waals surface area contributed by atoms with Gasteiger partial charge in [0.15, 0.2) is 0 Å². The number of hydrazine groups is 1. The molecule has 0 aliphatic rings. The molecule has 2 heterocycles. The van der Waals surface area contributed by atoms with Crippen molar-refractivity contribution >= 4 is 21.6 Å². The van der Waals surface area contributed by atoms with Crippen LogP contribution < -0.4 is 11.3 Å². The average Bonchev–Trinajstić information content (AvgIpc) is 3.10. The van der Waals surface area contributed by atoms with Gasteiger partial charge >= 0.3 is 0 Å². The van der Waals surface area contributed by atoms with Gasteiger partial charge in [0, 0.05) is 18.4 Å². The summed E-state index contributed by atoms with van der Waals surface area (Å²) in [5, 5.41) is 1.08. The van der Waals surface area contributed by atoms with Crippen LogP contribution in [0.25, 0.3) is 10.2 Å². The number of hydrogen-bond donors (Lipinski definition) is 2. The third-order valence-corrected chi connectivity index (χ3v) is 4.45. The average molecular weight is 287 g/mol. The SMILES string of the molecule is CCc1occc1C(Cc1nc2ccccc2s1)NN. The van der Waals surface area contributed by atoms with E-state index in [2.05, 4.69) is 23.4 Å². The topological polar surface area (TPSA) is 64.1 Å². The highest BCUT2D eigenvalue weighted by Crippen LogP contribution is 2.27. The number of fused-ring (bicyclic) bond motifs is 1. The van der Waals surface area contributed by atoms with Gasteiger partial charge in [0.1, 0.15) is 5.76 Å². The van der Waals surface area contributed by atoms with Gasteiger partial charge in [-0.2, -0.15) is 0 Å². The van der Waals surface area contributed by atoms with E-state index < -0.39 is 0 Å². The van der Waals surface area contributed by atoms with Crippen LogP contribution in [-0.2, 0) is 12.8 Å². The van der Waals surface area contributed by atoms with Crippen molar-refractivity contribution in [2.75, 3.05) is 0 Å². The molecule has 3 aromatic rings. The number of hydrogen-bond acceptors (Lipinski definition) is 5. The van der Waals surface area contributed by atoms with E-state index in [0.717, 1.165) is 34.7 Å².